The Morgan fingerprint density at radius 1 is 1.36 bits per heavy atom. The van der Waals surface area contributed by atoms with Gasteiger partial charge in [-0.2, -0.15) is 5.10 Å². The van der Waals surface area contributed by atoms with Crippen molar-refractivity contribution in [2.75, 3.05) is 19.0 Å². The summed E-state index contributed by atoms with van der Waals surface area (Å²) in [6.45, 7) is 2.73. The maximum atomic E-state index is 12.4. The molecule has 0 amide bonds. The molecule has 0 spiro atoms. The highest BCUT2D eigenvalue weighted by Gasteiger charge is 2.20. The zero-order valence-corrected chi connectivity index (χ0v) is 17.6. The summed E-state index contributed by atoms with van der Waals surface area (Å²) >= 11 is 7.02. The lowest BCUT2D eigenvalue weighted by Crippen LogP contribution is -2.30. The predicted molar refractivity (Wildman–Crippen MR) is 117 cm³/mol. The number of hydrogen-bond donors (Lipinski definition) is 1. The zero-order chi connectivity index (χ0) is 20.1. The summed E-state index contributed by atoms with van der Waals surface area (Å²) in [6, 6.07) is 11.8. The number of ether oxygens (including phenoxy) is 1. The zero-order valence-electron chi connectivity index (χ0n) is 16.0. The Labute approximate surface area is 173 Å². The molecular weight excluding hydrogens is 392 g/mol. The number of aromatic nitrogens is 2. The fourth-order valence-corrected chi connectivity index (χ4v) is 3.96. The molecule has 6 nitrogen and oxygen atoms in total. The molecule has 1 N–H and O–H groups in total. The van der Waals surface area contributed by atoms with Crippen molar-refractivity contribution in [1.29, 1.82) is 0 Å². The highest BCUT2D eigenvalue weighted by Crippen LogP contribution is 2.36. The smallest absolute Gasteiger partial charge is 0.341 e. The third-order valence-corrected chi connectivity index (χ3v) is 5.54. The van der Waals surface area contributed by atoms with E-state index in [-0.39, 0.29) is 5.97 Å². The van der Waals surface area contributed by atoms with Crippen LogP contribution in [0.2, 0.25) is 0 Å². The minimum atomic E-state index is -0.360. The molecule has 0 unspecified atom stereocenters. The largest absolute Gasteiger partial charge is 0.462 e. The lowest BCUT2D eigenvalue weighted by atomic mass is 10.1. The van der Waals surface area contributed by atoms with E-state index in [1.807, 2.05) is 67.8 Å². The number of anilines is 1. The van der Waals surface area contributed by atoms with E-state index in [0.29, 0.717) is 28.8 Å². The van der Waals surface area contributed by atoms with Crippen molar-refractivity contribution < 1.29 is 9.53 Å². The fourth-order valence-electron chi connectivity index (χ4n) is 2.68. The molecule has 28 heavy (non-hydrogen) atoms. The van der Waals surface area contributed by atoms with Gasteiger partial charge in [-0.25, -0.2) is 4.79 Å². The Hall–Kier alpha value is -2.71. The van der Waals surface area contributed by atoms with Gasteiger partial charge in [-0.3, -0.25) is 4.68 Å². The second-order valence-corrected chi connectivity index (χ2v) is 7.69. The van der Waals surface area contributed by atoms with Gasteiger partial charge in [-0.1, -0.05) is 30.3 Å². The third kappa shape index (κ3) is 4.76. The van der Waals surface area contributed by atoms with E-state index in [1.165, 1.54) is 11.3 Å². The number of benzene rings is 1. The summed E-state index contributed by atoms with van der Waals surface area (Å²) in [5.74, 6) is -0.360. The van der Waals surface area contributed by atoms with E-state index in [4.69, 9.17) is 17.0 Å². The van der Waals surface area contributed by atoms with Gasteiger partial charge in [-0.05, 0) is 30.8 Å². The molecule has 0 bridgehead atoms. The lowest BCUT2D eigenvalue weighted by molar-refractivity contribution is 0.0528. The van der Waals surface area contributed by atoms with Gasteiger partial charge in [0.25, 0.3) is 0 Å². The summed E-state index contributed by atoms with van der Waals surface area (Å²) < 4.78 is 6.97. The van der Waals surface area contributed by atoms with Gasteiger partial charge in [-0.15, -0.1) is 11.3 Å². The van der Waals surface area contributed by atoms with E-state index in [0.717, 1.165) is 16.0 Å². The SMILES string of the molecule is CCOC(=O)c1cc(-c2ccccc2)sc1NC(=S)N(C)Cc1cnn(C)c1. The number of nitrogens with zero attached hydrogens (tertiary/aromatic N) is 3. The van der Waals surface area contributed by atoms with Crippen LogP contribution in [0.3, 0.4) is 0 Å². The van der Waals surface area contributed by atoms with Crippen molar-refractivity contribution in [3.63, 3.8) is 0 Å². The van der Waals surface area contributed by atoms with Gasteiger partial charge in [0.05, 0.1) is 18.4 Å². The van der Waals surface area contributed by atoms with Gasteiger partial charge >= 0.3 is 5.97 Å². The lowest BCUT2D eigenvalue weighted by Gasteiger charge is -2.20. The van der Waals surface area contributed by atoms with E-state index in [2.05, 4.69) is 10.4 Å². The predicted octanol–water partition coefficient (Wildman–Crippen LogP) is 4.15. The number of esters is 1. The van der Waals surface area contributed by atoms with Gasteiger partial charge in [0, 0.05) is 37.3 Å². The second-order valence-electron chi connectivity index (χ2n) is 6.25. The quantitative estimate of drug-likeness (QED) is 0.483. The van der Waals surface area contributed by atoms with Gasteiger partial charge < -0.3 is 15.0 Å². The maximum Gasteiger partial charge on any atom is 0.341 e. The molecule has 0 atom stereocenters. The number of thiophene rings is 1. The van der Waals surface area contributed by atoms with Crippen LogP contribution in [-0.4, -0.2) is 39.4 Å². The van der Waals surface area contributed by atoms with Crippen LogP contribution in [0.1, 0.15) is 22.8 Å². The second kappa shape index (κ2) is 8.99. The topological polar surface area (TPSA) is 59.4 Å². The van der Waals surface area contributed by atoms with Crippen molar-refractivity contribution in [2.45, 2.75) is 13.5 Å². The Balaban J connectivity index is 1.81. The average molecular weight is 415 g/mol. The van der Waals surface area contributed by atoms with E-state index >= 15 is 0 Å². The standard InChI is InChI=1S/C20H22N4O2S2/c1-4-26-19(25)16-10-17(15-8-6-5-7-9-15)28-18(16)22-20(27)23(2)12-14-11-21-24(3)13-14/h5-11,13H,4,12H2,1-3H3,(H,22,27). The molecule has 0 aliphatic rings. The highest BCUT2D eigenvalue weighted by molar-refractivity contribution is 7.80. The summed E-state index contributed by atoms with van der Waals surface area (Å²) in [5, 5.41) is 8.59. The number of thiocarbonyl (C=S) groups is 1. The van der Waals surface area contributed by atoms with Crippen LogP contribution in [0, 0.1) is 0 Å². The molecule has 146 valence electrons. The summed E-state index contributed by atoms with van der Waals surface area (Å²) in [7, 11) is 3.78. The van der Waals surface area contributed by atoms with E-state index in [1.54, 1.807) is 11.6 Å². The molecule has 3 rings (SSSR count). The fraction of sp³-hybridized carbons (Fsp3) is 0.250. The monoisotopic (exact) mass is 414 g/mol. The molecule has 3 aromatic rings. The van der Waals surface area contributed by atoms with Crippen LogP contribution in [0.25, 0.3) is 10.4 Å². The number of aryl methyl sites for hydroxylation is 1. The molecule has 8 heteroatoms. The van der Waals surface area contributed by atoms with Gasteiger partial charge in [0.1, 0.15) is 5.00 Å². The van der Waals surface area contributed by atoms with Crippen LogP contribution >= 0.6 is 23.6 Å². The van der Waals surface area contributed by atoms with Crippen LogP contribution < -0.4 is 5.32 Å². The van der Waals surface area contributed by atoms with Gasteiger partial charge in [0.2, 0.25) is 0 Å². The summed E-state index contributed by atoms with van der Waals surface area (Å²) in [4.78, 5) is 15.3. The van der Waals surface area contributed by atoms with Crippen LogP contribution in [-0.2, 0) is 18.3 Å². The highest BCUT2D eigenvalue weighted by atomic mass is 32.1. The Bertz CT molecular complexity index is 966. The van der Waals surface area contributed by atoms with Crippen molar-refractivity contribution >= 4 is 39.6 Å². The van der Waals surface area contributed by atoms with Crippen molar-refractivity contribution in [2.24, 2.45) is 7.05 Å². The molecule has 2 aromatic heterocycles. The Morgan fingerprint density at radius 2 is 2.11 bits per heavy atom. The van der Waals surface area contributed by atoms with E-state index < -0.39 is 0 Å². The summed E-state index contributed by atoms with van der Waals surface area (Å²) in [5.41, 5.74) is 2.58. The molecule has 0 aliphatic heterocycles. The third-order valence-electron chi connectivity index (χ3n) is 4.03. The van der Waals surface area contributed by atoms with Gasteiger partial charge in [0.15, 0.2) is 5.11 Å². The first-order chi connectivity index (χ1) is 13.5. The molecule has 0 saturated heterocycles. The number of carbonyl (C=O) groups excluding carboxylic acids is 1. The van der Waals surface area contributed by atoms with Crippen LogP contribution in [0.15, 0.2) is 48.8 Å². The van der Waals surface area contributed by atoms with Crippen molar-refractivity contribution in [3.05, 3.63) is 59.9 Å². The number of carbonyl (C=O) groups is 1. The molecule has 0 fully saturated rings. The molecule has 0 saturated carbocycles. The minimum absolute atomic E-state index is 0.320. The molecule has 0 aliphatic carbocycles. The number of rotatable bonds is 6. The normalized spacial score (nSPS) is 10.5. The van der Waals surface area contributed by atoms with Crippen molar-refractivity contribution in [3.8, 4) is 10.4 Å². The van der Waals surface area contributed by atoms with Crippen LogP contribution in [0.4, 0.5) is 5.00 Å². The van der Waals surface area contributed by atoms with Crippen molar-refractivity contribution in [1.82, 2.24) is 14.7 Å². The first-order valence-corrected chi connectivity index (χ1v) is 10.1. The molecule has 0 radical (unpaired) electrons. The molecule has 1 aromatic carbocycles. The first kappa shape index (κ1) is 20.0. The van der Waals surface area contributed by atoms with Crippen LogP contribution in [0.5, 0.6) is 0 Å². The first-order valence-electron chi connectivity index (χ1n) is 8.84. The molecule has 2 heterocycles. The summed E-state index contributed by atoms with van der Waals surface area (Å²) in [6.07, 6.45) is 3.75. The average Bonchev–Trinajstić information content (AvgIpc) is 3.29. The molecular formula is C20H22N4O2S2. The minimum Gasteiger partial charge on any atom is -0.462 e. The number of nitrogens with one attached hydrogen (secondary N) is 1. The maximum absolute atomic E-state index is 12.4. The Morgan fingerprint density at radius 3 is 2.75 bits per heavy atom. The Kier molecular flexibility index (Phi) is 6.43. The van der Waals surface area contributed by atoms with E-state index in [9.17, 15) is 4.79 Å². The number of hydrogen-bond acceptors (Lipinski definition) is 5.